The monoisotopic (exact) mass is 291 g/mol. The van der Waals surface area contributed by atoms with Crippen molar-refractivity contribution in [2.24, 2.45) is 5.92 Å². The molecule has 1 fully saturated rings. The highest BCUT2D eigenvalue weighted by molar-refractivity contribution is 5.91. The van der Waals surface area contributed by atoms with Gasteiger partial charge in [0, 0.05) is 12.1 Å². The zero-order valence-corrected chi connectivity index (χ0v) is 12.6. The van der Waals surface area contributed by atoms with Crippen molar-refractivity contribution in [2.45, 2.75) is 38.6 Å². The van der Waals surface area contributed by atoms with Crippen molar-refractivity contribution in [1.29, 1.82) is 0 Å². The van der Waals surface area contributed by atoms with Crippen LogP contribution in [0.3, 0.4) is 0 Å². The van der Waals surface area contributed by atoms with Gasteiger partial charge in [-0.2, -0.15) is 0 Å². The molecule has 1 aromatic carbocycles. The van der Waals surface area contributed by atoms with Gasteiger partial charge in [0.1, 0.15) is 0 Å². The highest BCUT2D eigenvalue weighted by Gasteiger charge is 2.21. The lowest BCUT2D eigenvalue weighted by Gasteiger charge is -2.29. The molecule has 0 aromatic heterocycles. The number of halogens is 1. The maximum atomic E-state index is 13.5. The summed E-state index contributed by atoms with van der Waals surface area (Å²) in [4.78, 5) is 11.9. The molecule has 0 saturated heterocycles. The van der Waals surface area contributed by atoms with Gasteiger partial charge in [-0.15, -0.1) is 0 Å². The molecular weight excluding hydrogens is 269 g/mol. The second kappa shape index (κ2) is 7.25. The molecule has 2 rings (SSSR count). The lowest BCUT2D eigenvalue weighted by atomic mass is 9.86. The van der Waals surface area contributed by atoms with Gasteiger partial charge in [0.05, 0.1) is 7.11 Å². The first kappa shape index (κ1) is 15.5. The molecule has 2 atom stereocenters. The number of carbonyl (C=O) groups is 1. The number of carbonyl (C=O) groups excluding carboxylic acids is 1. The normalized spacial score (nSPS) is 22.2. The maximum absolute atomic E-state index is 13.5. The summed E-state index contributed by atoms with van der Waals surface area (Å²) < 4.78 is 18.4. The third-order valence-corrected chi connectivity index (χ3v) is 4.04. The van der Waals surface area contributed by atoms with Crippen molar-refractivity contribution in [3.63, 3.8) is 0 Å². The van der Waals surface area contributed by atoms with Crippen LogP contribution >= 0.6 is 0 Å². The van der Waals surface area contributed by atoms with Gasteiger partial charge in [-0.05, 0) is 42.5 Å². The van der Waals surface area contributed by atoms with Crippen molar-refractivity contribution < 1.29 is 13.9 Å². The van der Waals surface area contributed by atoms with Crippen molar-refractivity contribution in [1.82, 2.24) is 5.32 Å². The lowest BCUT2D eigenvalue weighted by Crippen LogP contribution is -2.40. The Bertz CT molecular complexity index is 528. The minimum Gasteiger partial charge on any atom is -0.494 e. The number of benzene rings is 1. The van der Waals surface area contributed by atoms with Gasteiger partial charge in [-0.1, -0.05) is 25.8 Å². The number of hydrogen-bond acceptors (Lipinski definition) is 2. The van der Waals surface area contributed by atoms with Gasteiger partial charge in [-0.25, -0.2) is 4.39 Å². The van der Waals surface area contributed by atoms with E-state index >= 15 is 0 Å². The number of rotatable bonds is 4. The summed E-state index contributed by atoms with van der Waals surface area (Å²) >= 11 is 0. The van der Waals surface area contributed by atoms with Gasteiger partial charge in [-0.3, -0.25) is 4.79 Å². The van der Waals surface area contributed by atoms with E-state index in [9.17, 15) is 9.18 Å². The second-order valence-corrected chi connectivity index (χ2v) is 5.60. The largest absolute Gasteiger partial charge is 0.494 e. The van der Waals surface area contributed by atoms with Crippen molar-refractivity contribution in [3.8, 4) is 5.75 Å². The fraction of sp³-hybridized carbons (Fsp3) is 0.471. The van der Waals surface area contributed by atoms with E-state index in [0.29, 0.717) is 11.5 Å². The third kappa shape index (κ3) is 4.31. The first-order valence-electron chi connectivity index (χ1n) is 7.42. The molecule has 1 aromatic rings. The standard InChI is InChI=1S/C17H22FNO2/c1-12-5-3-4-6-15(12)19-17(20)10-8-13-7-9-16(21-2)14(18)11-13/h7-12,15H,3-6H2,1-2H3,(H,19,20)/b10-8+/t12-,15-/m1/s1. The zero-order valence-electron chi connectivity index (χ0n) is 12.6. The molecule has 1 saturated carbocycles. The molecule has 0 bridgehead atoms. The van der Waals surface area contributed by atoms with E-state index in [-0.39, 0.29) is 17.7 Å². The molecule has 114 valence electrons. The number of amides is 1. The fourth-order valence-corrected chi connectivity index (χ4v) is 2.72. The predicted octanol–water partition coefficient (Wildman–Crippen LogP) is 3.54. The van der Waals surface area contributed by atoms with E-state index in [1.54, 1.807) is 18.2 Å². The molecule has 0 radical (unpaired) electrons. The Labute approximate surface area is 125 Å². The van der Waals surface area contributed by atoms with Crippen LogP contribution < -0.4 is 10.1 Å². The van der Waals surface area contributed by atoms with E-state index in [1.807, 2.05) is 0 Å². The van der Waals surface area contributed by atoms with Crippen LogP contribution in [-0.2, 0) is 4.79 Å². The molecule has 1 N–H and O–H groups in total. The minimum absolute atomic E-state index is 0.120. The Kier molecular flexibility index (Phi) is 5.37. The topological polar surface area (TPSA) is 38.3 Å². The van der Waals surface area contributed by atoms with Crippen LogP contribution in [0.4, 0.5) is 4.39 Å². The van der Waals surface area contributed by atoms with E-state index in [0.717, 1.165) is 6.42 Å². The molecule has 0 heterocycles. The van der Waals surface area contributed by atoms with E-state index < -0.39 is 5.82 Å². The Balaban J connectivity index is 1.94. The zero-order chi connectivity index (χ0) is 15.2. The number of nitrogens with one attached hydrogen (secondary N) is 1. The van der Waals surface area contributed by atoms with Crippen LogP contribution in [0, 0.1) is 11.7 Å². The van der Waals surface area contributed by atoms with Gasteiger partial charge in [0.15, 0.2) is 11.6 Å². The van der Waals surface area contributed by atoms with E-state index in [2.05, 4.69) is 12.2 Å². The molecule has 0 unspecified atom stereocenters. The summed E-state index contributed by atoms with van der Waals surface area (Å²) in [5.74, 6) is 0.174. The molecule has 3 nitrogen and oxygen atoms in total. The Hall–Kier alpha value is -1.84. The van der Waals surface area contributed by atoms with Crippen LogP contribution in [0.1, 0.15) is 38.2 Å². The highest BCUT2D eigenvalue weighted by atomic mass is 19.1. The highest BCUT2D eigenvalue weighted by Crippen LogP contribution is 2.23. The molecule has 1 aliphatic rings. The molecule has 4 heteroatoms. The van der Waals surface area contributed by atoms with Crippen molar-refractivity contribution in [2.75, 3.05) is 7.11 Å². The molecule has 0 spiro atoms. The third-order valence-electron chi connectivity index (χ3n) is 4.04. The lowest BCUT2D eigenvalue weighted by molar-refractivity contribution is -0.117. The van der Waals surface area contributed by atoms with E-state index in [4.69, 9.17) is 4.74 Å². The molecule has 21 heavy (non-hydrogen) atoms. The minimum atomic E-state index is -0.430. The van der Waals surface area contributed by atoms with Gasteiger partial charge in [0.25, 0.3) is 0 Å². The van der Waals surface area contributed by atoms with Crippen LogP contribution in [0.15, 0.2) is 24.3 Å². The van der Waals surface area contributed by atoms with Gasteiger partial charge < -0.3 is 10.1 Å². The SMILES string of the molecule is COc1ccc(/C=C/C(=O)N[C@@H]2CCCC[C@H]2C)cc1F. The van der Waals surface area contributed by atoms with Crippen molar-refractivity contribution in [3.05, 3.63) is 35.7 Å². The first-order chi connectivity index (χ1) is 10.1. The summed E-state index contributed by atoms with van der Waals surface area (Å²) in [5.41, 5.74) is 0.639. The summed E-state index contributed by atoms with van der Waals surface area (Å²) in [6.07, 6.45) is 7.70. The summed E-state index contributed by atoms with van der Waals surface area (Å²) in [5, 5.41) is 3.03. The smallest absolute Gasteiger partial charge is 0.244 e. The van der Waals surface area contributed by atoms with Crippen LogP contribution in [0.5, 0.6) is 5.75 Å². The molecule has 1 aliphatic carbocycles. The summed E-state index contributed by atoms with van der Waals surface area (Å²) in [6, 6.07) is 4.88. The maximum Gasteiger partial charge on any atom is 0.244 e. The molecule has 1 amide bonds. The average molecular weight is 291 g/mol. The van der Waals surface area contributed by atoms with Gasteiger partial charge >= 0.3 is 0 Å². The molecule has 0 aliphatic heterocycles. The fourth-order valence-electron chi connectivity index (χ4n) is 2.72. The number of methoxy groups -OCH3 is 1. The Morgan fingerprint density at radius 2 is 2.14 bits per heavy atom. The van der Waals surface area contributed by atoms with Crippen LogP contribution in [0.25, 0.3) is 6.08 Å². The molecular formula is C17H22FNO2. The van der Waals surface area contributed by atoms with Gasteiger partial charge in [0.2, 0.25) is 5.91 Å². The van der Waals surface area contributed by atoms with Crippen molar-refractivity contribution >= 4 is 12.0 Å². The second-order valence-electron chi connectivity index (χ2n) is 5.60. The summed E-state index contributed by atoms with van der Waals surface area (Å²) in [6.45, 7) is 2.17. The Morgan fingerprint density at radius 1 is 1.38 bits per heavy atom. The first-order valence-corrected chi connectivity index (χ1v) is 7.42. The predicted molar refractivity (Wildman–Crippen MR) is 81.5 cm³/mol. The summed E-state index contributed by atoms with van der Waals surface area (Å²) in [7, 11) is 1.42. The van der Waals surface area contributed by atoms with Crippen LogP contribution in [0.2, 0.25) is 0 Å². The average Bonchev–Trinajstić information content (AvgIpc) is 2.48. The Morgan fingerprint density at radius 3 is 2.81 bits per heavy atom. The number of ether oxygens (including phenoxy) is 1. The quantitative estimate of drug-likeness (QED) is 0.862. The number of hydrogen-bond donors (Lipinski definition) is 1. The van der Waals surface area contributed by atoms with Crippen LogP contribution in [-0.4, -0.2) is 19.1 Å². The van der Waals surface area contributed by atoms with E-state index in [1.165, 1.54) is 38.5 Å².